The smallest absolute Gasteiger partial charge is 0.0537 e. The SMILES string of the molecule is CCCc1cccc(C(NN)C2CSc3ccccc32)c1. The number of nitrogens with two attached hydrogens (primary N) is 1. The van der Waals surface area contributed by atoms with Gasteiger partial charge in [-0.3, -0.25) is 11.3 Å². The Labute approximate surface area is 131 Å². The molecule has 0 bridgehead atoms. The number of aryl methyl sites for hydroxylation is 1. The molecule has 0 fully saturated rings. The highest BCUT2D eigenvalue weighted by molar-refractivity contribution is 7.99. The number of nitrogens with one attached hydrogen (secondary N) is 1. The minimum Gasteiger partial charge on any atom is -0.271 e. The monoisotopic (exact) mass is 298 g/mol. The molecule has 0 radical (unpaired) electrons. The summed E-state index contributed by atoms with van der Waals surface area (Å²) in [5.41, 5.74) is 7.17. The summed E-state index contributed by atoms with van der Waals surface area (Å²) in [5, 5.41) is 0. The van der Waals surface area contributed by atoms with E-state index < -0.39 is 0 Å². The van der Waals surface area contributed by atoms with Gasteiger partial charge in [0.15, 0.2) is 0 Å². The van der Waals surface area contributed by atoms with Crippen molar-refractivity contribution in [1.29, 1.82) is 0 Å². The molecule has 0 aliphatic carbocycles. The second-order valence-corrected chi connectivity index (χ2v) is 6.66. The van der Waals surface area contributed by atoms with E-state index in [1.165, 1.54) is 28.0 Å². The molecule has 3 N–H and O–H groups in total. The first-order chi connectivity index (χ1) is 10.3. The number of thioether (sulfide) groups is 1. The van der Waals surface area contributed by atoms with Crippen molar-refractivity contribution in [2.24, 2.45) is 5.84 Å². The second-order valence-electron chi connectivity index (χ2n) is 5.59. The number of benzene rings is 2. The minimum absolute atomic E-state index is 0.179. The summed E-state index contributed by atoms with van der Waals surface area (Å²) >= 11 is 1.93. The van der Waals surface area contributed by atoms with Gasteiger partial charge in [-0.25, -0.2) is 0 Å². The summed E-state index contributed by atoms with van der Waals surface area (Å²) in [6.45, 7) is 2.22. The lowest BCUT2D eigenvalue weighted by Crippen LogP contribution is -2.32. The third-order valence-corrected chi connectivity index (χ3v) is 5.38. The summed E-state index contributed by atoms with van der Waals surface area (Å²) in [6.07, 6.45) is 2.30. The van der Waals surface area contributed by atoms with E-state index in [4.69, 9.17) is 5.84 Å². The number of rotatable bonds is 5. The molecular weight excluding hydrogens is 276 g/mol. The fourth-order valence-corrected chi connectivity index (χ4v) is 4.43. The minimum atomic E-state index is 0.179. The molecule has 2 unspecified atom stereocenters. The van der Waals surface area contributed by atoms with E-state index in [2.05, 4.69) is 60.9 Å². The first kappa shape index (κ1) is 14.6. The van der Waals surface area contributed by atoms with Crippen LogP contribution in [0.15, 0.2) is 53.4 Å². The number of fused-ring (bicyclic) bond motifs is 1. The molecule has 21 heavy (non-hydrogen) atoms. The number of hydrogen-bond donors (Lipinski definition) is 2. The molecule has 0 saturated heterocycles. The van der Waals surface area contributed by atoms with Gasteiger partial charge in [-0.2, -0.15) is 0 Å². The van der Waals surface area contributed by atoms with E-state index in [-0.39, 0.29) is 6.04 Å². The highest BCUT2D eigenvalue weighted by atomic mass is 32.2. The van der Waals surface area contributed by atoms with E-state index in [1.54, 1.807) is 0 Å². The van der Waals surface area contributed by atoms with Crippen LogP contribution in [0.1, 0.15) is 42.0 Å². The van der Waals surface area contributed by atoms with Crippen molar-refractivity contribution < 1.29 is 0 Å². The van der Waals surface area contributed by atoms with Gasteiger partial charge < -0.3 is 0 Å². The van der Waals surface area contributed by atoms with Gasteiger partial charge in [-0.05, 0) is 29.2 Å². The average Bonchev–Trinajstić information content (AvgIpc) is 2.93. The van der Waals surface area contributed by atoms with E-state index in [0.717, 1.165) is 12.2 Å². The third kappa shape index (κ3) is 3.00. The van der Waals surface area contributed by atoms with Crippen LogP contribution >= 0.6 is 11.8 Å². The molecule has 2 nitrogen and oxygen atoms in total. The molecule has 0 aromatic heterocycles. The molecule has 0 saturated carbocycles. The lowest BCUT2D eigenvalue weighted by molar-refractivity contribution is 0.485. The van der Waals surface area contributed by atoms with Crippen molar-refractivity contribution in [3.8, 4) is 0 Å². The van der Waals surface area contributed by atoms with Crippen LogP contribution < -0.4 is 11.3 Å². The van der Waals surface area contributed by atoms with Crippen LogP contribution in [0.25, 0.3) is 0 Å². The van der Waals surface area contributed by atoms with Crippen molar-refractivity contribution in [1.82, 2.24) is 5.43 Å². The van der Waals surface area contributed by atoms with Gasteiger partial charge in [-0.15, -0.1) is 11.8 Å². The van der Waals surface area contributed by atoms with Crippen LogP contribution in [0.3, 0.4) is 0 Å². The highest BCUT2D eigenvalue weighted by Crippen LogP contribution is 2.45. The fraction of sp³-hybridized carbons (Fsp3) is 0.333. The van der Waals surface area contributed by atoms with Crippen molar-refractivity contribution >= 4 is 11.8 Å². The van der Waals surface area contributed by atoms with E-state index in [0.29, 0.717) is 5.92 Å². The van der Waals surface area contributed by atoms with Crippen molar-refractivity contribution in [2.75, 3.05) is 5.75 Å². The Kier molecular flexibility index (Phi) is 4.63. The molecule has 1 aliphatic rings. The molecule has 0 amide bonds. The summed E-state index contributed by atoms with van der Waals surface area (Å²) < 4.78 is 0. The molecule has 1 heterocycles. The summed E-state index contributed by atoms with van der Waals surface area (Å²) in [6, 6.07) is 17.7. The zero-order chi connectivity index (χ0) is 14.7. The van der Waals surface area contributed by atoms with Crippen LogP contribution in [0.2, 0.25) is 0 Å². The van der Waals surface area contributed by atoms with Gasteiger partial charge in [0.05, 0.1) is 6.04 Å². The van der Waals surface area contributed by atoms with Gasteiger partial charge >= 0.3 is 0 Å². The lowest BCUT2D eigenvalue weighted by Gasteiger charge is -2.24. The maximum Gasteiger partial charge on any atom is 0.0537 e. The van der Waals surface area contributed by atoms with E-state index in [9.17, 15) is 0 Å². The zero-order valence-electron chi connectivity index (χ0n) is 12.4. The van der Waals surface area contributed by atoms with Gasteiger partial charge in [0.25, 0.3) is 0 Å². The highest BCUT2D eigenvalue weighted by Gasteiger charge is 2.30. The topological polar surface area (TPSA) is 38.0 Å². The van der Waals surface area contributed by atoms with Crippen molar-refractivity contribution in [3.05, 3.63) is 65.2 Å². The summed E-state index contributed by atoms with van der Waals surface area (Å²) in [5.74, 6) is 7.43. The maximum atomic E-state index is 5.91. The normalized spacial score (nSPS) is 18.5. The molecular formula is C18H22N2S. The van der Waals surface area contributed by atoms with Crippen LogP contribution in [-0.2, 0) is 6.42 Å². The van der Waals surface area contributed by atoms with Crippen LogP contribution in [0.4, 0.5) is 0 Å². The van der Waals surface area contributed by atoms with Crippen molar-refractivity contribution in [3.63, 3.8) is 0 Å². The molecule has 2 aromatic rings. The van der Waals surface area contributed by atoms with Crippen LogP contribution in [0, 0.1) is 0 Å². The van der Waals surface area contributed by atoms with Gasteiger partial charge in [0.1, 0.15) is 0 Å². The molecule has 110 valence electrons. The Balaban J connectivity index is 1.91. The lowest BCUT2D eigenvalue weighted by atomic mass is 9.88. The van der Waals surface area contributed by atoms with Gasteiger partial charge in [0.2, 0.25) is 0 Å². The quantitative estimate of drug-likeness (QED) is 0.646. The van der Waals surface area contributed by atoms with Crippen molar-refractivity contribution in [2.45, 2.75) is 36.6 Å². The Hall–Kier alpha value is -1.29. The average molecular weight is 298 g/mol. The van der Waals surface area contributed by atoms with Gasteiger partial charge in [-0.1, -0.05) is 55.8 Å². The molecule has 3 heteroatoms. The Morgan fingerprint density at radius 1 is 1.24 bits per heavy atom. The Morgan fingerprint density at radius 3 is 2.90 bits per heavy atom. The fourth-order valence-electron chi connectivity index (χ4n) is 3.14. The number of hydrazine groups is 1. The molecule has 1 aliphatic heterocycles. The second kappa shape index (κ2) is 6.65. The largest absolute Gasteiger partial charge is 0.271 e. The standard InChI is InChI=1S/C18H22N2S/c1-2-6-13-7-5-8-14(11-13)18(20-19)16-12-21-17-10-4-3-9-15(16)17/h3-5,7-11,16,18,20H,2,6,12,19H2,1H3. The Morgan fingerprint density at radius 2 is 2.10 bits per heavy atom. The van der Waals surface area contributed by atoms with Crippen LogP contribution in [-0.4, -0.2) is 5.75 Å². The third-order valence-electron chi connectivity index (χ3n) is 4.17. The summed E-state index contributed by atoms with van der Waals surface area (Å²) in [7, 11) is 0. The zero-order valence-corrected chi connectivity index (χ0v) is 13.2. The molecule has 2 aromatic carbocycles. The molecule has 2 atom stereocenters. The first-order valence-corrected chi connectivity index (χ1v) is 8.58. The molecule has 0 spiro atoms. The van der Waals surface area contributed by atoms with Crippen LogP contribution in [0.5, 0.6) is 0 Å². The van der Waals surface area contributed by atoms with Gasteiger partial charge in [0, 0.05) is 16.6 Å². The van der Waals surface area contributed by atoms with E-state index in [1.807, 2.05) is 11.8 Å². The predicted octanol–water partition coefficient (Wildman–Crippen LogP) is 4.03. The number of hydrogen-bond acceptors (Lipinski definition) is 3. The maximum absolute atomic E-state index is 5.91. The first-order valence-electron chi connectivity index (χ1n) is 7.60. The predicted molar refractivity (Wildman–Crippen MR) is 90.4 cm³/mol. The molecule has 3 rings (SSSR count). The summed E-state index contributed by atoms with van der Waals surface area (Å²) in [4.78, 5) is 1.40. The van der Waals surface area contributed by atoms with E-state index >= 15 is 0 Å². The Bertz CT molecular complexity index is 612.